The van der Waals surface area contributed by atoms with Crippen LogP contribution in [0.2, 0.25) is 0 Å². The molecular formula is C12H13N3O. The molecule has 0 aliphatic carbocycles. The van der Waals surface area contributed by atoms with Gasteiger partial charge in [-0.2, -0.15) is 0 Å². The van der Waals surface area contributed by atoms with Crippen LogP contribution in [0, 0.1) is 0 Å². The normalized spacial score (nSPS) is 10.1. The molecule has 4 nitrogen and oxygen atoms in total. The van der Waals surface area contributed by atoms with E-state index in [1.807, 2.05) is 25.2 Å². The highest BCUT2D eigenvalue weighted by atomic mass is 16.1. The summed E-state index contributed by atoms with van der Waals surface area (Å²) in [5.41, 5.74) is 1.01. The molecule has 0 aliphatic heterocycles. The van der Waals surface area contributed by atoms with Gasteiger partial charge in [-0.15, -0.1) is 0 Å². The summed E-state index contributed by atoms with van der Waals surface area (Å²) in [6.45, 7) is 0.552. The Morgan fingerprint density at radius 1 is 1.31 bits per heavy atom. The Hall–Kier alpha value is -2.10. The number of aromatic nitrogens is 2. The molecule has 2 aromatic rings. The van der Waals surface area contributed by atoms with E-state index in [0.29, 0.717) is 6.54 Å². The van der Waals surface area contributed by atoms with Crippen molar-refractivity contribution in [1.82, 2.24) is 9.55 Å². The molecule has 2 heterocycles. The van der Waals surface area contributed by atoms with Crippen molar-refractivity contribution in [2.45, 2.75) is 6.54 Å². The highest BCUT2D eigenvalue weighted by Crippen LogP contribution is 2.04. The average Bonchev–Trinajstić information content (AvgIpc) is 2.33. The maximum absolute atomic E-state index is 11.5. The number of pyridine rings is 2. The highest BCUT2D eigenvalue weighted by molar-refractivity contribution is 5.34. The molecule has 0 spiro atoms. The molecule has 0 unspecified atom stereocenters. The topological polar surface area (TPSA) is 46.9 Å². The monoisotopic (exact) mass is 215 g/mol. The van der Waals surface area contributed by atoms with Gasteiger partial charge >= 0.3 is 0 Å². The van der Waals surface area contributed by atoms with Crippen LogP contribution in [0.3, 0.4) is 0 Å². The first-order valence-corrected chi connectivity index (χ1v) is 5.08. The van der Waals surface area contributed by atoms with Crippen molar-refractivity contribution in [3.8, 4) is 0 Å². The Balaban J connectivity index is 2.21. The van der Waals surface area contributed by atoms with E-state index in [0.717, 1.165) is 11.4 Å². The number of nitrogens with zero attached hydrogens (tertiary/aromatic N) is 2. The molecule has 0 saturated carbocycles. The molecule has 0 atom stereocenters. The zero-order chi connectivity index (χ0) is 11.4. The van der Waals surface area contributed by atoms with E-state index in [-0.39, 0.29) is 5.56 Å². The summed E-state index contributed by atoms with van der Waals surface area (Å²) >= 11 is 0. The van der Waals surface area contributed by atoms with Crippen LogP contribution in [-0.2, 0) is 6.54 Å². The molecule has 0 amide bonds. The fourth-order valence-electron chi connectivity index (χ4n) is 1.45. The molecule has 2 aromatic heterocycles. The maximum atomic E-state index is 11.5. The largest absolute Gasteiger partial charge is 0.373 e. The van der Waals surface area contributed by atoms with Crippen LogP contribution in [0.5, 0.6) is 0 Å². The lowest BCUT2D eigenvalue weighted by Gasteiger charge is -2.05. The maximum Gasteiger partial charge on any atom is 0.250 e. The first-order chi connectivity index (χ1) is 7.79. The fraction of sp³-hybridized carbons (Fsp3) is 0.167. The molecule has 0 fully saturated rings. The highest BCUT2D eigenvalue weighted by Gasteiger charge is 1.97. The first-order valence-electron chi connectivity index (χ1n) is 5.08. The minimum absolute atomic E-state index is 0.000179. The zero-order valence-corrected chi connectivity index (χ0v) is 9.05. The number of anilines is 1. The fourth-order valence-corrected chi connectivity index (χ4v) is 1.45. The molecule has 0 aromatic carbocycles. The van der Waals surface area contributed by atoms with Gasteiger partial charge < -0.3 is 9.88 Å². The van der Waals surface area contributed by atoms with Crippen molar-refractivity contribution in [3.63, 3.8) is 0 Å². The summed E-state index contributed by atoms with van der Waals surface area (Å²) in [5, 5.41) is 2.95. The molecule has 1 N–H and O–H groups in total. The predicted molar refractivity (Wildman–Crippen MR) is 63.6 cm³/mol. The molecule has 4 heteroatoms. The van der Waals surface area contributed by atoms with E-state index in [4.69, 9.17) is 0 Å². The average molecular weight is 215 g/mol. The third-order valence-electron chi connectivity index (χ3n) is 2.33. The van der Waals surface area contributed by atoms with Gasteiger partial charge in [-0.25, -0.2) is 4.98 Å². The van der Waals surface area contributed by atoms with Crippen LogP contribution >= 0.6 is 0 Å². The summed E-state index contributed by atoms with van der Waals surface area (Å²) in [7, 11) is 1.82. The standard InChI is InChI=1S/C12H13N3O/c1-13-11-6-5-10(8-14-11)9-15-7-3-2-4-12(15)16/h2-8H,9H2,1H3,(H,13,14). The number of nitrogens with one attached hydrogen (secondary N) is 1. The van der Waals surface area contributed by atoms with Crippen LogP contribution in [-0.4, -0.2) is 16.6 Å². The molecule has 0 aliphatic rings. The molecular weight excluding hydrogens is 202 g/mol. The van der Waals surface area contributed by atoms with Gasteiger partial charge in [-0.05, 0) is 17.7 Å². The van der Waals surface area contributed by atoms with Crippen LogP contribution in [0.25, 0.3) is 0 Å². The molecule has 2 rings (SSSR count). The summed E-state index contributed by atoms with van der Waals surface area (Å²) in [5.74, 6) is 0.823. The summed E-state index contributed by atoms with van der Waals surface area (Å²) in [6.07, 6.45) is 3.54. The van der Waals surface area contributed by atoms with E-state index in [9.17, 15) is 4.79 Å². The van der Waals surface area contributed by atoms with Gasteiger partial charge in [0.1, 0.15) is 5.82 Å². The second-order valence-electron chi connectivity index (χ2n) is 3.47. The van der Waals surface area contributed by atoms with Crippen LogP contribution in [0.15, 0.2) is 47.5 Å². The number of hydrogen-bond acceptors (Lipinski definition) is 3. The van der Waals surface area contributed by atoms with Gasteiger partial charge in [0.15, 0.2) is 0 Å². The van der Waals surface area contributed by atoms with Crippen molar-refractivity contribution in [3.05, 3.63) is 58.6 Å². The van der Waals surface area contributed by atoms with Crippen molar-refractivity contribution < 1.29 is 0 Å². The molecule has 0 radical (unpaired) electrons. The Morgan fingerprint density at radius 2 is 2.19 bits per heavy atom. The van der Waals surface area contributed by atoms with Crippen molar-refractivity contribution in [2.24, 2.45) is 0 Å². The second-order valence-corrected chi connectivity index (χ2v) is 3.47. The van der Waals surface area contributed by atoms with Gasteiger partial charge in [0, 0.05) is 25.5 Å². The minimum Gasteiger partial charge on any atom is -0.373 e. The smallest absolute Gasteiger partial charge is 0.250 e. The van der Waals surface area contributed by atoms with Crippen LogP contribution < -0.4 is 10.9 Å². The third kappa shape index (κ3) is 2.28. The van der Waals surface area contributed by atoms with Crippen molar-refractivity contribution in [2.75, 3.05) is 12.4 Å². The molecule has 16 heavy (non-hydrogen) atoms. The van der Waals surface area contributed by atoms with E-state index in [1.165, 1.54) is 0 Å². The lowest BCUT2D eigenvalue weighted by Crippen LogP contribution is -2.18. The van der Waals surface area contributed by atoms with E-state index >= 15 is 0 Å². The van der Waals surface area contributed by atoms with E-state index in [2.05, 4.69) is 10.3 Å². The van der Waals surface area contributed by atoms with Crippen LogP contribution in [0.4, 0.5) is 5.82 Å². The summed E-state index contributed by atoms with van der Waals surface area (Å²) < 4.78 is 1.65. The Morgan fingerprint density at radius 3 is 2.81 bits per heavy atom. The number of rotatable bonds is 3. The lowest BCUT2D eigenvalue weighted by atomic mass is 10.2. The SMILES string of the molecule is CNc1ccc(Cn2ccccc2=O)cn1. The van der Waals surface area contributed by atoms with Gasteiger partial charge in [-0.1, -0.05) is 12.1 Å². The lowest BCUT2D eigenvalue weighted by molar-refractivity contribution is 0.756. The summed E-state index contributed by atoms with van der Waals surface area (Å²) in [4.78, 5) is 15.7. The van der Waals surface area contributed by atoms with Crippen molar-refractivity contribution in [1.29, 1.82) is 0 Å². The minimum atomic E-state index is 0.000179. The Labute approximate surface area is 93.6 Å². The first kappa shape index (κ1) is 10.4. The summed E-state index contributed by atoms with van der Waals surface area (Å²) in [6, 6.07) is 8.98. The third-order valence-corrected chi connectivity index (χ3v) is 2.33. The molecule has 82 valence electrons. The molecule has 0 bridgehead atoms. The Kier molecular flexibility index (Phi) is 3.00. The number of hydrogen-bond donors (Lipinski definition) is 1. The van der Waals surface area contributed by atoms with Gasteiger partial charge in [0.2, 0.25) is 0 Å². The van der Waals surface area contributed by atoms with Gasteiger partial charge in [-0.3, -0.25) is 4.79 Å². The second kappa shape index (κ2) is 4.61. The van der Waals surface area contributed by atoms with Crippen LogP contribution in [0.1, 0.15) is 5.56 Å². The predicted octanol–water partition coefficient (Wildman–Crippen LogP) is 1.33. The van der Waals surface area contributed by atoms with E-state index in [1.54, 1.807) is 29.1 Å². The van der Waals surface area contributed by atoms with Crippen molar-refractivity contribution >= 4 is 5.82 Å². The van der Waals surface area contributed by atoms with E-state index < -0.39 is 0 Å². The van der Waals surface area contributed by atoms with Gasteiger partial charge in [0.25, 0.3) is 5.56 Å². The van der Waals surface area contributed by atoms with Gasteiger partial charge in [0.05, 0.1) is 6.54 Å². The Bertz CT molecular complexity index is 516. The quantitative estimate of drug-likeness (QED) is 0.840. The molecule has 0 saturated heterocycles. The zero-order valence-electron chi connectivity index (χ0n) is 9.05.